The fraction of sp³-hybridized carbons (Fsp3) is 0.150. The third-order valence-electron chi connectivity index (χ3n) is 4.03. The molecule has 0 saturated heterocycles. The molecule has 3 rings (SSSR count). The maximum Gasteiger partial charge on any atom is 0.338 e. The van der Waals surface area contributed by atoms with Gasteiger partial charge in [0.25, 0.3) is 11.8 Å². The molecule has 2 amide bonds. The minimum Gasteiger partial charge on any atom is -0.462 e. The summed E-state index contributed by atoms with van der Waals surface area (Å²) in [5.74, 6) is -1.76. The molecular weight excluding hydrogens is 425 g/mol. The minimum atomic E-state index is -0.672. The summed E-state index contributed by atoms with van der Waals surface area (Å²) in [6, 6.07) is 10.5. The molecule has 2 aromatic carbocycles. The summed E-state index contributed by atoms with van der Waals surface area (Å²) in [7, 11) is 0. The van der Waals surface area contributed by atoms with E-state index in [2.05, 4.69) is 0 Å². The highest BCUT2D eigenvalue weighted by molar-refractivity contribution is 6.60. The van der Waals surface area contributed by atoms with Crippen molar-refractivity contribution < 1.29 is 19.1 Å². The van der Waals surface area contributed by atoms with Crippen LogP contribution in [0.5, 0.6) is 0 Å². The van der Waals surface area contributed by atoms with Gasteiger partial charge in [0.1, 0.15) is 5.03 Å². The van der Waals surface area contributed by atoms with E-state index >= 15 is 0 Å². The molecule has 0 fully saturated rings. The molecule has 0 unspecified atom stereocenters. The van der Waals surface area contributed by atoms with Gasteiger partial charge < -0.3 is 4.74 Å². The highest BCUT2D eigenvalue weighted by atomic mass is 35.5. The Labute approximate surface area is 176 Å². The van der Waals surface area contributed by atoms with E-state index in [1.807, 2.05) is 6.92 Å². The standard InChI is InChI=1S/C20H14Cl3NO4/c1-2-9-28-20(27)11-3-6-13(7-4-11)24-18(25)16(17(23)19(24)26)14-8-5-12(21)10-15(14)22/h3-8,10H,2,9H2,1H3. The maximum absolute atomic E-state index is 12.9. The van der Waals surface area contributed by atoms with Crippen LogP contribution in [0.15, 0.2) is 47.5 Å². The zero-order chi connectivity index (χ0) is 20.4. The molecule has 28 heavy (non-hydrogen) atoms. The molecule has 5 nitrogen and oxygen atoms in total. The summed E-state index contributed by atoms with van der Waals surface area (Å²) in [5.41, 5.74) is 0.910. The van der Waals surface area contributed by atoms with Crippen molar-refractivity contribution >= 4 is 63.8 Å². The first-order valence-corrected chi connectivity index (χ1v) is 9.49. The molecule has 0 aromatic heterocycles. The second-order valence-electron chi connectivity index (χ2n) is 5.94. The fourth-order valence-electron chi connectivity index (χ4n) is 2.69. The maximum atomic E-state index is 12.9. The van der Waals surface area contributed by atoms with Gasteiger partial charge in [-0.25, -0.2) is 9.69 Å². The first kappa shape index (κ1) is 20.4. The number of esters is 1. The van der Waals surface area contributed by atoms with Crippen LogP contribution in [0, 0.1) is 0 Å². The van der Waals surface area contributed by atoms with Gasteiger partial charge in [0, 0.05) is 10.6 Å². The Bertz CT molecular complexity index is 999. The lowest BCUT2D eigenvalue weighted by Crippen LogP contribution is -2.31. The van der Waals surface area contributed by atoms with E-state index in [1.54, 1.807) is 6.07 Å². The quantitative estimate of drug-likeness (QED) is 0.482. The van der Waals surface area contributed by atoms with E-state index in [-0.39, 0.29) is 21.3 Å². The number of carbonyl (C=O) groups excluding carboxylic acids is 3. The average molecular weight is 439 g/mol. The molecule has 144 valence electrons. The first-order valence-electron chi connectivity index (χ1n) is 8.36. The average Bonchev–Trinajstić information content (AvgIpc) is 2.89. The van der Waals surface area contributed by atoms with Crippen LogP contribution in [0.1, 0.15) is 29.3 Å². The second kappa shape index (κ2) is 8.35. The molecule has 0 aliphatic carbocycles. The van der Waals surface area contributed by atoms with Crippen molar-refractivity contribution in [2.45, 2.75) is 13.3 Å². The molecule has 1 aliphatic rings. The third kappa shape index (κ3) is 3.78. The molecule has 1 heterocycles. The summed E-state index contributed by atoms with van der Waals surface area (Å²) in [6.07, 6.45) is 0.709. The highest BCUT2D eigenvalue weighted by Gasteiger charge is 2.40. The number of hydrogen-bond donors (Lipinski definition) is 0. The van der Waals surface area contributed by atoms with Crippen LogP contribution >= 0.6 is 34.8 Å². The van der Waals surface area contributed by atoms with Gasteiger partial charge in [0.05, 0.1) is 28.5 Å². The summed E-state index contributed by atoms with van der Waals surface area (Å²) < 4.78 is 5.06. The number of anilines is 1. The predicted molar refractivity (Wildman–Crippen MR) is 109 cm³/mol. The predicted octanol–water partition coefficient (Wildman–Crippen LogP) is 5.08. The number of amides is 2. The van der Waals surface area contributed by atoms with Crippen LogP contribution < -0.4 is 4.90 Å². The zero-order valence-corrected chi connectivity index (χ0v) is 16.9. The first-order chi connectivity index (χ1) is 13.3. The summed E-state index contributed by atoms with van der Waals surface area (Å²) >= 11 is 18.2. The lowest BCUT2D eigenvalue weighted by atomic mass is 10.1. The Balaban J connectivity index is 1.90. The topological polar surface area (TPSA) is 63.7 Å². The number of halogens is 3. The van der Waals surface area contributed by atoms with Crippen LogP contribution in [-0.4, -0.2) is 24.4 Å². The van der Waals surface area contributed by atoms with Gasteiger partial charge in [0.15, 0.2) is 0 Å². The van der Waals surface area contributed by atoms with Crippen LogP contribution in [-0.2, 0) is 14.3 Å². The van der Waals surface area contributed by atoms with E-state index in [0.29, 0.717) is 29.2 Å². The Kier molecular flexibility index (Phi) is 6.08. The number of hydrogen-bond acceptors (Lipinski definition) is 4. The van der Waals surface area contributed by atoms with E-state index < -0.39 is 17.8 Å². The number of imide groups is 1. The van der Waals surface area contributed by atoms with Gasteiger partial charge in [-0.2, -0.15) is 0 Å². The molecule has 1 aliphatic heterocycles. The number of ether oxygens (including phenoxy) is 1. The van der Waals surface area contributed by atoms with Crippen molar-refractivity contribution in [3.8, 4) is 0 Å². The highest BCUT2D eigenvalue weighted by Crippen LogP contribution is 2.38. The van der Waals surface area contributed by atoms with E-state index in [9.17, 15) is 14.4 Å². The molecule has 0 atom stereocenters. The van der Waals surface area contributed by atoms with Gasteiger partial charge in [-0.3, -0.25) is 9.59 Å². The van der Waals surface area contributed by atoms with Gasteiger partial charge in [0.2, 0.25) is 0 Å². The van der Waals surface area contributed by atoms with Gasteiger partial charge >= 0.3 is 5.97 Å². The van der Waals surface area contributed by atoms with Crippen molar-refractivity contribution in [1.82, 2.24) is 0 Å². The Morgan fingerprint density at radius 1 is 1.00 bits per heavy atom. The van der Waals surface area contributed by atoms with Gasteiger partial charge in [-0.05, 0) is 42.8 Å². The van der Waals surface area contributed by atoms with E-state index in [1.165, 1.54) is 36.4 Å². The van der Waals surface area contributed by atoms with Gasteiger partial charge in [-0.1, -0.05) is 47.8 Å². The molecule has 0 bridgehead atoms. The Morgan fingerprint density at radius 3 is 2.29 bits per heavy atom. The van der Waals surface area contributed by atoms with Crippen molar-refractivity contribution in [1.29, 1.82) is 0 Å². The van der Waals surface area contributed by atoms with Crippen molar-refractivity contribution in [2.75, 3.05) is 11.5 Å². The second-order valence-corrected chi connectivity index (χ2v) is 7.16. The summed E-state index contributed by atoms with van der Waals surface area (Å²) in [5, 5.41) is 0.364. The number of rotatable bonds is 5. The smallest absolute Gasteiger partial charge is 0.338 e. The van der Waals surface area contributed by atoms with Crippen LogP contribution in [0.3, 0.4) is 0 Å². The van der Waals surface area contributed by atoms with Crippen molar-refractivity contribution in [2.24, 2.45) is 0 Å². The monoisotopic (exact) mass is 437 g/mol. The van der Waals surface area contributed by atoms with Crippen LogP contribution in [0.4, 0.5) is 5.69 Å². The number of nitrogens with zero attached hydrogens (tertiary/aromatic N) is 1. The van der Waals surface area contributed by atoms with Crippen molar-refractivity contribution in [3.63, 3.8) is 0 Å². The fourth-order valence-corrected chi connectivity index (χ4v) is 3.46. The van der Waals surface area contributed by atoms with E-state index in [0.717, 1.165) is 4.90 Å². The van der Waals surface area contributed by atoms with E-state index in [4.69, 9.17) is 39.5 Å². The summed E-state index contributed by atoms with van der Waals surface area (Å²) in [4.78, 5) is 38.3. The Hall–Kier alpha value is -2.34. The molecule has 0 spiro atoms. The van der Waals surface area contributed by atoms with Crippen molar-refractivity contribution in [3.05, 3.63) is 68.7 Å². The molecule has 2 aromatic rings. The zero-order valence-electron chi connectivity index (χ0n) is 14.7. The lowest BCUT2D eigenvalue weighted by molar-refractivity contribution is -0.119. The Morgan fingerprint density at radius 2 is 1.68 bits per heavy atom. The lowest BCUT2D eigenvalue weighted by Gasteiger charge is -2.15. The van der Waals surface area contributed by atoms with Crippen LogP contribution in [0.25, 0.3) is 5.57 Å². The minimum absolute atomic E-state index is 0.000217. The molecule has 0 N–H and O–H groups in total. The molecular formula is C20H14Cl3NO4. The van der Waals surface area contributed by atoms with Crippen LogP contribution in [0.2, 0.25) is 10.0 Å². The normalized spacial score (nSPS) is 14.1. The largest absolute Gasteiger partial charge is 0.462 e. The molecule has 0 radical (unpaired) electrons. The van der Waals surface area contributed by atoms with Gasteiger partial charge in [-0.15, -0.1) is 0 Å². The SMILES string of the molecule is CCCOC(=O)c1ccc(N2C(=O)C(Cl)=C(c3ccc(Cl)cc3Cl)C2=O)cc1. The third-order valence-corrected chi connectivity index (χ3v) is 4.92. The summed E-state index contributed by atoms with van der Waals surface area (Å²) in [6.45, 7) is 2.21. The molecule has 8 heteroatoms. The number of benzene rings is 2. The number of carbonyl (C=O) groups is 3. The molecule has 0 saturated carbocycles.